The molecular formula is C21H21N3O4S. The first kappa shape index (κ1) is 18.3. The topological polar surface area (TPSA) is 92.6 Å². The molecular weight excluding hydrogens is 390 g/mol. The minimum absolute atomic E-state index is 0.229. The lowest BCUT2D eigenvalue weighted by Gasteiger charge is -2.44. The molecule has 2 aromatic carbocycles. The third-order valence-electron chi connectivity index (χ3n) is 5.57. The van der Waals surface area contributed by atoms with Crippen LogP contribution >= 0.6 is 11.8 Å². The van der Waals surface area contributed by atoms with E-state index < -0.39 is 10.9 Å². The molecule has 29 heavy (non-hydrogen) atoms. The second-order valence-electron chi connectivity index (χ2n) is 7.85. The van der Waals surface area contributed by atoms with E-state index in [1.807, 2.05) is 37.3 Å². The molecule has 1 atom stereocenters. The summed E-state index contributed by atoms with van der Waals surface area (Å²) in [5, 5.41) is 9.76. The summed E-state index contributed by atoms with van der Waals surface area (Å²) in [6, 6.07) is 9.38. The summed E-state index contributed by atoms with van der Waals surface area (Å²) in [5.41, 5.74) is 1.07. The molecule has 0 amide bonds. The molecule has 7 nitrogen and oxygen atoms in total. The highest BCUT2D eigenvalue weighted by atomic mass is 32.2. The molecule has 3 heterocycles. The Hall–Kier alpha value is -2.71. The fourth-order valence-electron chi connectivity index (χ4n) is 3.84. The van der Waals surface area contributed by atoms with Crippen LogP contribution in [0.15, 0.2) is 49.2 Å². The van der Waals surface area contributed by atoms with Gasteiger partial charge in [0.15, 0.2) is 0 Å². The maximum absolute atomic E-state index is 12.4. The van der Waals surface area contributed by atoms with Gasteiger partial charge in [-0.3, -0.25) is 9.59 Å². The Morgan fingerprint density at radius 2 is 1.93 bits per heavy atom. The normalized spacial score (nSPS) is 18.0. The van der Waals surface area contributed by atoms with Crippen molar-refractivity contribution >= 4 is 34.5 Å². The quantitative estimate of drug-likeness (QED) is 0.530. The van der Waals surface area contributed by atoms with Crippen LogP contribution in [0.25, 0.3) is 0 Å². The average Bonchev–Trinajstić information content (AvgIpc) is 3.34. The molecule has 0 aliphatic carbocycles. The minimum Gasteiger partial charge on any atom is -0.464 e. The van der Waals surface area contributed by atoms with Gasteiger partial charge in [0.25, 0.3) is 10.9 Å². The van der Waals surface area contributed by atoms with Crippen molar-refractivity contribution in [1.29, 1.82) is 0 Å². The maximum atomic E-state index is 12.4. The van der Waals surface area contributed by atoms with Gasteiger partial charge in [-0.25, -0.2) is 0 Å². The van der Waals surface area contributed by atoms with Crippen molar-refractivity contribution in [1.82, 2.24) is 0 Å². The van der Waals surface area contributed by atoms with Crippen LogP contribution in [0.3, 0.4) is 0 Å². The number of ether oxygens (including phenoxy) is 1. The molecule has 0 bridgehead atoms. The molecule has 8 heteroatoms. The van der Waals surface area contributed by atoms with E-state index in [0.717, 1.165) is 33.7 Å². The van der Waals surface area contributed by atoms with E-state index in [-0.39, 0.29) is 11.5 Å². The summed E-state index contributed by atoms with van der Waals surface area (Å²) in [4.78, 5) is 25.9. The van der Waals surface area contributed by atoms with Gasteiger partial charge in [-0.2, -0.15) is 0 Å². The fourth-order valence-corrected chi connectivity index (χ4v) is 4.71. The summed E-state index contributed by atoms with van der Waals surface area (Å²) < 4.78 is 11.3. The number of thioether (sulfide) groups is 1. The van der Waals surface area contributed by atoms with E-state index in [0.29, 0.717) is 24.6 Å². The predicted molar refractivity (Wildman–Crippen MR) is 114 cm³/mol. The van der Waals surface area contributed by atoms with Crippen LogP contribution in [0, 0.1) is 12.3 Å². The third-order valence-corrected chi connectivity index (χ3v) is 6.51. The van der Waals surface area contributed by atoms with E-state index in [1.54, 1.807) is 11.8 Å². The van der Waals surface area contributed by atoms with E-state index >= 15 is 0 Å². The predicted octanol–water partition coefficient (Wildman–Crippen LogP) is 3.59. The largest absolute Gasteiger partial charge is 0.464 e. The lowest BCUT2D eigenvalue weighted by molar-refractivity contribution is -0.115. The molecule has 1 aromatic heterocycles. The van der Waals surface area contributed by atoms with E-state index in [2.05, 4.69) is 22.9 Å². The van der Waals surface area contributed by atoms with Gasteiger partial charge in [0, 0.05) is 10.3 Å². The summed E-state index contributed by atoms with van der Waals surface area (Å²) >= 11 is 1.70. The Morgan fingerprint density at radius 3 is 2.62 bits per heavy atom. The van der Waals surface area contributed by atoms with E-state index in [9.17, 15) is 9.59 Å². The smallest absolute Gasteiger partial charge is 0.253 e. The monoisotopic (exact) mass is 411 g/mol. The zero-order chi connectivity index (χ0) is 20.2. The van der Waals surface area contributed by atoms with Crippen LogP contribution in [0.4, 0.5) is 22.7 Å². The molecule has 150 valence electrons. The zero-order valence-corrected chi connectivity index (χ0v) is 16.9. The number of rotatable bonds is 6. The minimum atomic E-state index is -0.514. The molecule has 0 spiro atoms. The molecule has 0 radical (unpaired) electrons. The lowest BCUT2D eigenvalue weighted by Crippen LogP contribution is -2.49. The Morgan fingerprint density at radius 1 is 1.14 bits per heavy atom. The molecule has 3 aromatic rings. The fraction of sp³-hybridized carbons (Fsp3) is 0.333. The molecule has 2 aliphatic heterocycles. The lowest BCUT2D eigenvalue weighted by atomic mass is 9.79. The van der Waals surface area contributed by atoms with Crippen molar-refractivity contribution in [2.75, 3.05) is 35.0 Å². The summed E-state index contributed by atoms with van der Waals surface area (Å²) in [6.45, 7) is 5.06. The summed E-state index contributed by atoms with van der Waals surface area (Å²) in [7, 11) is 0. The molecule has 1 fully saturated rings. The van der Waals surface area contributed by atoms with Gasteiger partial charge in [-0.05, 0) is 31.2 Å². The number of anilines is 4. The van der Waals surface area contributed by atoms with Crippen molar-refractivity contribution < 1.29 is 9.15 Å². The summed E-state index contributed by atoms with van der Waals surface area (Å²) in [5.74, 6) is 2.30. The highest BCUT2D eigenvalue weighted by Crippen LogP contribution is 2.44. The molecule has 2 aliphatic rings. The van der Waals surface area contributed by atoms with Gasteiger partial charge in [0.1, 0.15) is 22.9 Å². The maximum Gasteiger partial charge on any atom is 0.253 e. The SMILES string of the molecule is Cc1ccc(C(Nc2c(Nc3cccc4c3NCS4)c(=O)c2=O)C2(C)COC2)o1. The van der Waals surface area contributed by atoms with Crippen LogP contribution in [0.2, 0.25) is 0 Å². The van der Waals surface area contributed by atoms with Crippen LogP contribution in [-0.2, 0) is 4.74 Å². The highest BCUT2D eigenvalue weighted by Gasteiger charge is 2.45. The van der Waals surface area contributed by atoms with Gasteiger partial charge >= 0.3 is 0 Å². The second kappa shape index (κ2) is 6.67. The standard InChI is InChI=1S/C21H21N3O4S/c1-11-6-7-13(28-11)20(21(2)8-27-9-21)24-17-16(18(25)19(17)26)23-12-4-3-5-14-15(12)22-10-29-14/h3-7,20,22-24H,8-10H2,1-2H3. The first-order chi connectivity index (χ1) is 14.0. The number of para-hydroxylation sites is 1. The van der Waals surface area contributed by atoms with Crippen molar-refractivity contribution in [3.05, 3.63) is 62.3 Å². The van der Waals surface area contributed by atoms with Gasteiger partial charge in [0.05, 0.1) is 36.5 Å². The van der Waals surface area contributed by atoms with Crippen LogP contribution in [0.5, 0.6) is 0 Å². The number of furan rings is 1. The van der Waals surface area contributed by atoms with Crippen LogP contribution in [0.1, 0.15) is 24.5 Å². The average molecular weight is 411 g/mol. The van der Waals surface area contributed by atoms with Gasteiger partial charge in [-0.1, -0.05) is 13.0 Å². The van der Waals surface area contributed by atoms with Crippen LogP contribution in [-0.4, -0.2) is 19.1 Å². The summed E-state index contributed by atoms with van der Waals surface area (Å²) in [6.07, 6.45) is 0. The molecule has 3 N–H and O–H groups in total. The van der Waals surface area contributed by atoms with Crippen molar-refractivity contribution in [3.8, 4) is 0 Å². The van der Waals surface area contributed by atoms with Crippen molar-refractivity contribution in [2.24, 2.45) is 5.41 Å². The van der Waals surface area contributed by atoms with Crippen molar-refractivity contribution in [2.45, 2.75) is 24.8 Å². The number of hydrogen-bond acceptors (Lipinski definition) is 8. The Bertz CT molecular complexity index is 1160. The van der Waals surface area contributed by atoms with E-state index in [1.165, 1.54) is 0 Å². The number of fused-ring (bicyclic) bond motifs is 1. The number of nitrogens with one attached hydrogen (secondary N) is 3. The Balaban J connectivity index is 1.48. The van der Waals surface area contributed by atoms with Crippen LogP contribution < -0.4 is 26.8 Å². The van der Waals surface area contributed by atoms with E-state index in [4.69, 9.17) is 9.15 Å². The molecule has 5 rings (SSSR count). The molecule has 0 saturated carbocycles. The van der Waals surface area contributed by atoms with Gasteiger partial charge in [0.2, 0.25) is 0 Å². The molecule has 1 unspecified atom stereocenters. The third kappa shape index (κ3) is 2.94. The molecule has 1 saturated heterocycles. The van der Waals surface area contributed by atoms with Gasteiger partial charge < -0.3 is 25.1 Å². The first-order valence-electron chi connectivity index (χ1n) is 9.47. The Kier molecular flexibility index (Phi) is 4.22. The van der Waals surface area contributed by atoms with Crippen molar-refractivity contribution in [3.63, 3.8) is 0 Å². The Labute approximate surface area is 171 Å². The number of benzene rings is 1. The highest BCUT2D eigenvalue weighted by molar-refractivity contribution is 7.99. The second-order valence-corrected chi connectivity index (χ2v) is 8.87. The first-order valence-corrected chi connectivity index (χ1v) is 10.5. The number of aryl methyl sites for hydroxylation is 1. The van der Waals surface area contributed by atoms with Gasteiger partial charge in [-0.15, -0.1) is 11.8 Å². The number of hydrogen-bond donors (Lipinski definition) is 3. The zero-order valence-electron chi connectivity index (χ0n) is 16.1.